The first-order valence-electron chi connectivity index (χ1n) is 9.20. The molecule has 2 N–H and O–H groups in total. The lowest BCUT2D eigenvalue weighted by Gasteiger charge is -2.10. The first kappa shape index (κ1) is 17.2. The second kappa shape index (κ2) is 6.90. The maximum absolute atomic E-state index is 9.15. The van der Waals surface area contributed by atoms with Crippen LogP contribution in [0.5, 0.6) is 5.88 Å². The van der Waals surface area contributed by atoms with Gasteiger partial charge in [0.05, 0.1) is 19.0 Å². The number of hydrogen-bond donors (Lipinski definition) is 2. The maximum atomic E-state index is 9.15. The number of fused-ring (bicyclic) bond motifs is 2. The summed E-state index contributed by atoms with van der Waals surface area (Å²) in [5.41, 5.74) is 6.20. The first-order valence-corrected chi connectivity index (χ1v) is 9.20. The molecule has 0 unspecified atom stereocenters. The van der Waals surface area contributed by atoms with Crippen LogP contribution in [0.2, 0.25) is 0 Å². The Balaban J connectivity index is 1.59. The second-order valence-electron chi connectivity index (χ2n) is 6.75. The molecule has 0 radical (unpaired) electrons. The molecule has 0 aliphatic heterocycles. The van der Waals surface area contributed by atoms with Crippen molar-refractivity contribution in [2.24, 2.45) is 5.16 Å². The minimum Gasteiger partial charge on any atom is -0.481 e. The van der Waals surface area contributed by atoms with E-state index in [0.717, 1.165) is 58.1 Å². The van der Waals surface area contributed by atoms with E-state index in [4.69, 9.17) is 14.9 Å². The standard InChI is InChI=1S/C21H18N6O2/c1-29-19-7-3-14(11-23-19)20-21(27-9-8-22-12-18(27)25-20)24-15-4-5-16-13(10-15)2-6-17(16)26-28/h3-5,7-12,24,28H,2,6H2,1H3/b26-17+. The van der Waals surface area contributed by atoms with E-state index in [1.165, 1.54) is 0 Å². The highest BCUT2D eigenvalue weighted by atomic mass is 16.5. The van der Waals surface area contributed by atoms with E-state index in [1.807, 2.05) is 34.9 Å². The van der Waals surface area contributed by atoms with Crippen LogP contribution < -0.4 is 10.1 Å². The van der Waals surface area contributed by atoms with Crippen LogP contribution in [0.4, 0.5) is 11.5 Å². The molecular weight excluding hydrogens is 368 g/mol. The fourth-order valence-electron chi connectivity index (χ4n) is 3.66. The summed E-state index contributed by atoms with van der Waals surface area (Å²) in [6.07, 6.45) is 8.66. The van der Waals surface area contributed by atoms with E-state index in [0.29, 0.717) is 5.88 Å². The highest BCUT2D eigenvalue weighted by Gasteiger charge is 2.20. The molecule has 3 heterocycles. The third-order valence-corrected chi connectivity index (χ3v) is 5.08. The zero-order chi connectivity index (χ0) is 19.8. The zero-order valence-electron chi connectivity index (χ0n) is 15.7. The van der Waals surface area contributed by atoms with Crippen molar-refractivity contribution in [3.63, 3.8) is 0 Å². The normalized spacial score (nSPS) is 14.3. The van der Waals surface area contributed by atoms with E-state index in [2.05, 4.69) is 26.5 Å². The van der Waals surface area contributed by atoms with Crippen LogP contribution in [-0.4, -0.2) is 37.4 Å². The Morgan fingerprint density at radius 3 is 2.90 bits per heavy atom. The minimum atomic E-state index is 0.550. The molecule has 8 nitrogen and oxygen atoms in total. The molecule has 0 saturated heterocycles. The lowest BCUT2D eigenvalue weighted by Crippen LogP contribution is -1.99. The van der Waals surface area contributed by atoms with E-state index < -0.39 is 0 Å². The number of ether oxygens (including phenoxy) is 1. The van der Waals surface area contributed by atoms with Gasteiger partial charge in [-0.05, 0) is 36.6 Å². The van der Waals surface area contributed by atoms with E-state index in [1.54, 1.807) is 25.7 Å². The molecule has 5 rings (SSSR count). The fourth-order valence-corrected chi connectivity index (χ4v) is 3.66. The van der Waals surface area contributed by atoms with Gasteiger partial charge in [0.1, 0.15) is 11.5 Å². The average Bonchev–Trinajstić information content (AvgIpc) is 3.35. The van der Waals surface area contributed by atoms with Gasteiger partial charge in [-0.25, -0.2) is 9.97 Å². The van der Waals surface area contributed by atoms with Gasteiger partial charge in [0.2, 0.25) is 5.88 Å². The number of aryl methyl sites for hydroxylation is 1. The molecule has 4 aromatic rings. The van der Waals surface area contributed by atoms with Gasteiger partial charge in [-0.3, -0.25) is 9.38 Å². The van der Waals surface area contributed by atoms with Crippen molar-refractivity contribution >= 4 is 22.9 Å². The predicted molar refractivity (Wildman–Crippen MR) is 109 cm³/mol. The minimum absolute atomic E-state index is 0.550. The Bertz CT molecular complexity index is 1230. The van der Waals surface area contributed by atoms with Crippen LogP contribution >= 0.6 is 0 Å². The number of nitrogens with one attached hydrogen (secondary N) is 1. The van der Waals surface area contributed by atoms with Gasteiger partial charge >= 0.3 is 0 Å². The van der Waals surface area contributed by atoms with Crippen molar-refractivity contribution in [1.29, 1.82) is 0 Å². The summed E-state index contributed by atoms with van der Waals surface area (Å²) >= 11 is 0. The number of aromatic nitrogens is 4. The van der Waals surface area contributed by atoms with Crippen LogP contribution in [-0.2, 0) is 6.42 Å². The second-order valence-corrected chi connectivity index (χ2v) is 6.75. The van der Waals surface area contributed by atoms with E-state index in [9.17, 15) is 0 Å². The summed E-state index contributed by atoms with van der Waals surface area (Å²) in [7, 11) is 1.59. The fraction of sp³-hybridized carbons (Fsp3) is 0.143. The molecule has 0 amide bonds. The van der Waals surface area contributed by atoms with Gasteiger partial charge < -0.3 is 15.3 Å². The predicted octanol–water partition coefficient (Wildman–Crippen LogP) is 3.67. The number of rotatable bonds is 4. The summed E-state index contributed by atoms with van der Waals surface area (Å²) in [4.78, 5) is 13.2. The number of nitrogens with zero attached hydrogens (tertiary/aromatic N) is 5. The van der Waals surface area contributed by atoms with Gasteiger partial charge in [0, 0.05) is 41.5 Å². The van der Waals surface area contributed by atoms with E-state index in [-0.39, 0.29) is 0 Å². The number of imidazole rings is 1. The average molecular weight is 386 g/mol. The van der Waals surface area contributed by atoms with Gasteiger partial charge in [0.25, 0.3) is 0 Å². The van der Waals surface area contributed by atoms with E-state index >= 15 is 0 Å². The molecule has 1 aliphatic carbocycles. The molecule has 1 aromatic carbocycles. The Labute approximate surface area is 166 Å². The number of oxime groups is 1. The molecule has 144 valence electrons. The van der Waals surface area contributed by atoms with Crippen molar-refractivity contribution in [3.05, 3.63) is 66.2 Å². The van der Waals surface area contributed by atoms with Crippen LogP contribution in [0.1, 0.15) is 17.5 Å². The van der Waals surface area contributed by atoms with Gasteiger partial charge in [-0.15, -0.1) is 0 Å². The maximum Gasteiger partial charge on any atom is 0.212 e. The summed E-state index contributed by atoms with van der Waals surface area (Å²) < 4.78 is 7.12. The number of benzene rings is 1. The summed E-state index contributed by atoms with van der Waals surface area (Å²) in [6, 6.07) is 9.79. The number of anilines is 2. The highest BCUT2D eigenvalue weighted by molar-refractivity contribution is 6.04. The third kappa shape index (κ3) is 2.94. The Hall–Kier alpha value is -3.94. The molecule has 0 atom stereocenters. The molecule has 8 heteroatoms. The van der Waals surface area contributed by atoms with Crippen LogP contribution in [0, 0.1) is 0 Å². The Morgan fingerprint density at radius 1 is 1.17 bits per heavy atom. The van der Waals surface area contributed by atoms with Crippen molar-refractivity contribution in [2.75, 3.05) is 12.4 Å². The van der Waals surface area contributed by atoms with Crippen LogP contribution in [0.25, 0.3) is 16.9 Å². The quantitative estimate of drug-likeness (QED) is 0.410. The van der Waals surface area contributed by atoms with Gasteiger partial charge in [-0.2, -0.15) is 0 Å². The molecular formula is C21H18N6O2. The summed E-state index contributed by atoms with van der Waals surface area (Å²) in [6.45, 7) is 0. The van der Waals surface area contributed by atoms with Gasteiger partial charge in [-0.1, -0.05) is 11.2 Å². The number of pyridine rings is 1. The van der Waals surface area contributed by atoms with Crippen molar-refractivity contribution < 1.29 is 9.94 Å². The number of hydrogen-bond acceptors (Lipinski definition) is 7. The monoisotopic (exact) mass is 386 g/mol. The third-order valence-electron chi connectivity index (χ3n) is 5.08. The molecule has 0 bridgehead atoms. The smallest absolute Gasteiger partial charge is 0.212 e. The SMILES string of the molecule is COc1ccc(-c2nc3cnccn3c2Nc2ccc3c(c2)CC/C3=N\O)cn1. The van der Waals surface area contributed by atoms with Crippen molar-refractivity contribution in [2.45, 2.75) is 12.8 Å². The Morgan fingerprint density at radius 2 is 2.10 bits per heavy atom. The molecule has 29 heavy (non-hydrogen) atoms. The lowest BCUT2D eigenvalue weighted by atomic mass is 10.1. The lowest BCUT2D eigenvalue weighted by molar-refractivity contribution is 0.318. The summed E-state index contributed by atoms with van der Waals surface area (Å²) in [5.74, 6) is 1.37. The topological polar surface area (TPSA) is 96.9 Å². The summed E-state index contributed by atoms with van der Waals surface area (Å²) in [5, 5.41) is 16.0. The molecule has 0 saturated carbocycles. The molecule has 1 aliphatic rings. The first-order chi connectivity index (χ1) is 14.3. The van der Waals surface area contributed by atoms with Crippen molar-refractivity contribution in [1.82, 2.24) is 19.4 Å². The largest absolute Gasteiger partial charge is 0.481 e. The van der Waals surface area contributed by atoms with Crippen LogP contribution in [0.3, 0.4) is 0 Å². The van der Waals surface area contributed by atoms with Crippen LogP contribution in [0.15, 0.2) is 60.3 Å². The zero-order valence-corrected chi connectivity index (χ0v) is 15.7. The Kier molecular flexibility index (Phi) is 4.09. The van der Waals surface area contributed by atoms with Gasteiger partial charge in [0.15, 0.2) is 5.65 Å². The molecule has 0 fully saturated rings. The highest BCUT2D eigenvalue weighted by Crippen LogP contribution is 2.33. The number of methoxy groups -OCH3 is 1. The van der Waals surface area contributed by atoms with Crippen molar-refractivity contribution in [3.8, 4) is 17.1 Å². The molecule has 3 aromatic heterocycles. The molecule has 0 spiro atoms.